The molecule has 0 amide bonds. The van der Waals surface area contributed by atoms with Crippen LogP contribution in [0.1, 0.15) is 27.7 Å². The Bertz CT molecular complexity index is 413. The van der Waals surface area contributed by atoms with Crippen LogP contribution in [-0.2, 0) is 0 Å². The van der Waals surface area contributed by atoms with Crippen LogP contribution in [0.4, 0.5) is 0 Å². The van der Waals surface area contributed by atoms with Crippen LogP contribution in [0.25, 0.3) is 0 Å². The molecule has 0 saturated heterocycles. The molecule has 112 valence electrons. The van der Waals surface area contributed by atoms with Crippen LogP contribution in [-0.4, -0.2) is 21.3 Å². The maximum atomic E-state index is 6.07. The molecular weight excluding hydrogens is 264 g/mol. The number of benzene rings is 1. The molecule has 0 saturated carbocycles. The van der Waals surface area contributed by atoms with Crippen molar-refractivity contribution in [2.24, 2.45) is 0 Å². The Hall–Kier alpha value is -1.22. The molecule has 0 aliphatic heterocycles. The molecule has 20 heavy (non-hydrogen) atoms. The molecule has 0 radical (unpaired) electrons. The Morgan fingerprint density at radius 1 is 1.05 bits per heavy atom. The molecule has 1 unspecified atom stereocenters. The minimum atomic E-state index is -1.40. The first-order valence-corrected chi connectivity index (χ1v) is 10.1. The summed E-state index contributed by atoms with van der Waals surface area (Å²) in [4.78, 5) is 0. The predicted octanol–water partition coefficient (Wildman–Crippen LogP) is 5.07. The number of methoxy groups -OCH3 is 1. The van der Waals surface area contributed by atoms with Gasteiger partial charge in [-0.15, -0.1) is 6.58 Å². The molecule has 1 rings (SSSR count). The lowest BCUT2D eigenvalue weighted by molar-refractivity contribution is 0.263. The minimum Gasteiger partial charge on any atom is -0.497 e. The Labute approximate surface area is 124 Å². The Balaban J connectivity index is 2.78. The Kier molecular flexibility index (Phi) is 6.34. The molecule has 0 heterocycles. The van der Waals surface area contributed by atoms with E-state index in [9.17, 15) is 0 Å². The number of ether oxygens (including phenoxy) is 2. The molecule has 0 spiro atoms. The molecule has 0 aromatic heterocycles. The van der Waals surface area contributed by atoms with Crippen molar-refractivity contribution < 1.29 is 9.47 Å². The van der Waals surface area contributed by atoms with Crippen LogP contribution in [0.2, 0.25) is 18.1 Å². The fourth-order valence-corrected chi connectivity index (χ4v) is 6.58. The van der Waals surface area contributed by atoms with Gasteiger partial charge >= 0.3 is 0 Å². The van der Waals surface area contributed by atoms with Crippen molar-refractivity contribution in [2.45, 2.75) is 51.9 Å². The first-order valence-electron chi connectivity index (χ1n) is 7.53. The molecule has 1 aromatic carbocycles. The van der Waals surface area contributed by atoms with Gasteiger partial charge in [-0.1, -0.05) is 38.9 Å². The lowest BCUT2D eigenvalue weighted by Crippen LogP contribution is -2.40. The average Bonchev–Trinajstić information content (AvgIpc) is 2.50. The van der Waals surface area contributed by atoms with Crippen molar-refractivity contribution in [2.75, 3.05) is 7.11 Å². The van der Waals surface area contributed by atoms with Gasteiger partial charge in [0.15, 0.2) is 0 Å². The molecule has 0 fully saturated rings. The summed E-state index contributed by atoms with van der Waals surface area (Å²) in [6, 6.07) is 11.5. The third-order valence-corrected chi connectivity index (χ3v) is 10.4. The zero-order valence-corrected chi connectivity index (χ0v) is 14.5. The summed E-state index contributed by atoms with van der Waals surface area (Å²) in [5.41, 5.74) is 0. The highest BCUT2D eigenvalue weighted by Crippen LogP contribution is 2.31. The number of hydrogen-bond donors (Lipinski definition) is 0. The van der Waals surface area contributed by atoms with Crippen LogP contribution in [0.3, 0.4) is 0 Å². The number of hydrogen-bond acceptors (Lipinski definition) is 2. The monoisotopic (exact) mass is 292 g/mol. The molecule has 1 atom stereocenters. The van der Waals surface area contributed by atoms with Crippen molar-refractivity contribution in [3.05, 3.63) is 36.0 Å². The van der Waals surface area contributed by atoms with E-state index in [1.54, 1.807) is 7.11 Å². The topological polar surface area (TPSA) is 18.5 Å². The van der Waals surface area contributed by atoms with Gasteiger partial charge in [0.2, 0.25) is 0 Å². The zero-order valence-electron chi connectivity index (χ0n) is 13.5. The van der Waals surface area contributed by atoms with E-state index in [4.69, 9.17) is 9.47 Å². The van der Waals surface area contributed by atoms with Crippen LogP contribution in [0.15, 0.2) is 36.0 Å². The van der Waals surface area contributed by atoms with E-state index in [2.05, 4.69) is 34.3 Å². The molecule has 0 aliphatic rings. The molecular formula is C17H28O2Si. The fraction of sp³-hybridized carbons (Fsp3) is 0.529. The normalized spacial score (nSPS) is 12.8. The van der Waals surface area contributed by atoms with Gasteiger partial charge in [0, 0.05) is 0 Å². The first kappa shape index (κ1) is 16.8. The highest BCUT2D eigenvalue weighted by atomic mass is 28.3. The minimum absolute atomic E-state index is 0.0786. The average molecular weight is 292 g/mol. The maximum Gasteiger partial charge on any atom is 0.120 e. The molecule has 2 nitrogen and oxygen atoms in total. The highest BCUT2D eigenvalue weighted by Gasteiger charge is 2.33. The second-order valence-electron chi connectivity index (χ2n) is 5.30. The van der Waals surface area contributed by atoms with E-state index in [0.29, 0.717) is 0 Å². The Morgan fingerprint density at radius 3 is 1.90 bits per heavy atom. The van der Waals surface area contributed by atoms with Gasteiger partial charge < -0.3 is 9.47 Å². The van der Waals surface area contributed by atoms with E-state index >= 15 is 0 Å². The fourth-order valence-electron chi connectivity index (χ4n) is 2.79. The van der Waals surface area contributed by atoms with E-state index in [-0.39, 0.29) is 6.10 Å². The number of rotatable bonds is 8. The van der Waals surface area contributed by atoms with E-state index < -0.39 is 8.07 Å². The van der Waals surface area contributed by atoms with Gasteiger partial charge in [-0.25, -0.2) is 0 Å². The third-order valence-electron chi connectivity index (χ3n) is 4.57. The second-order valence-corrected chi connectivity index (χ2v) is 10.6. The molecule has 0 bridgehead atoms. The highest BCUT2D eigenvalue weighted by molar-refractivity contribution is 6.86. The Morgan fingerprint density at radius 2 is 1.50 bits per heavy atom. The van der Waals surface area contributed by atoms with Gasteiger partial charge in [0.05, 0.1) is 15.2 Å². The van der Waals surface area contributed by atoms with Gasteiger partial charge in [0.25, 0.3) is 0 Å². The van der Waals surface area contributed by atoms with E-state index in [1.807, 2.05) is 24.3 Å². The lowest BCUT2D eigenvalue weighted by Gasteiger charge is -2.34. The molecule has 0 N–H and O–H groups in total. The first-order chi connectivity index (χ1) is 9.52. The predicted molar refractivity (Wildman–Crippen MR) is 89.4 cm³/mol. The summed E-state index contributed by atoms with van der Waals surface area (Å²) in [5, 5.41) is 1.33. The van der Waals surface area contributed by atoms with Crippen molar-refractivity contribution in [1.82, 2.24) is 0 Å². The van der Waals surface area contributed by atoms with Crippen molar-refractivity contribution in [3.63, 3.8) is 0 Å². The quantitative estimate of drug-likeness (QED) is 0.623. The van der Waals surface area contributed by atoms with Crippen LogP contribution in [0, 0.1) is 0 Å². The standard InChI is InChI=1S/C17H28O2Si/c1-7-20(8-2,9-3)15(5)14(4)19-17-12-10-16(18-6)11-13-17/h10-14H,5,7-9H2,1-4,6H3. The van der Waals surface area contributed by atoms with E-state index in [1.165, 1.54) is 23.3 Å². The smallest absolute Gasteiger partial charge is 0.120 e. The lowest BCUT2D eigenvalue weighted by atomic mass is 10.3. The third kappa shape index (κ3) is 3.66. The summed E-state index contributed by atoms with van der Waals surface area (Å²) >= 11 is 0. The van der Waals surface area contributed by atoms with Crippen LogP contribution < -0.4 is 9.47 Å². The maximum absolute atomic E-state index is 6.07. The molecule has 0 aliphatic carbocycles. The van der Waals surface area contributed by atoms with Gasteiger partial charge in [0.1, 0.15) is 17.6 Å². The van der Waals surface area contributed by atoms with Crippen molar-refractivity contribution >= 4 is 8.07 Å². The largest absolute Gasteiger partial charge is 0.497 e. The summed E-state index contributed by atoms with van der Waals surface area (Å²) < 4.78 is 11.2. The summed E-state index contributed by atoms with van der Waals surface area (Å²) in [6.45, 7) is 13.4. The van der Waals surface area contributed by atoms with Crippen molar-refractivity contribution in [3.8, 4) is 11.5 Å². The van der Waals surface area contributed by atoms with Gasteiger partial charge in [-0.2, -0.15) is 0 Å². The summed E-state index contributed by atoms with van der Waals surface area (Å²) in [6.07, 6.45) is 0.0786. The van der Waals surface area contributed by atoms with Crippen LogP contribution >= 0.6 is 0 Å². The van der Waals surface area contributed by atoms with Crippen LogP contribution in [0.5, 0.6) is 11.5 Å². The van der Waals surface area contributed by atoms with Gasteiger partial charge in [-0.3, -0.25) is 0 Å². The second kappa shape index (κ2) is 7.53. The molecule has 1 aromatic rings. The van der Waals surface area contributed by atoms with E-state index in [0.717, 1.165) is 11.5 Å². The summed E-state index contributed by atoms with van der Waals surface area (Å²) in [7, 11) is 0.271. The molecule has 3 heteroatoms. The van der Waals surface area contributed by atoms with Crippen molar-refractivity contribution in [1.29, 1.82) is 0 Å². The SMILES string of the molecule is C=C(C(C)Oc1ccc(OC)cc1)[Si](CC)(CC)CC. The van der Waals surface area contributed by atoms with Gasteiger partial charge in [-0.05, 0) is 36.4 Å². The summed E-state index contributed by atoms with van der Waals surface area (Å²) in [5.74, 6) is 1.73. The zero-order chi connectivity index (χ0) is 15.2.